The van der Waals surface area contributed by atoms with E-state index >= 15 is 0 Å². The molecule has 1 aliphatic carbocycles. The molecule has 2 N–H and O–H groups in total. The number of aryl methyl sites for hydroxylation is 1. The van der Waals surface area contributed by atoms with E-state index in [4.69, 9.17) is 0 Å². The van der Waals surface area contributed by atoms with E-state index in [0.717, 1.165) is 37.3 Å². The molecule has 5 nitrogen and oxygen atoms in total. The Morgan fingerprint density at radius 3 is 2.67 bits per heavy atom. The summed E-state index contributed by atoms with van der Waals surface area (Å²) >= 11 is 0. The Balaban J connectivity index is 1.93. The molecule has 1 aromatic rings. The third kappa shape index (κ3) is 4.30. The SMILES string of the molecule is CCNCc1c(C)nn(CC(=O)NC2CCCCC2)c1C. The molecule has 1 fully saturated rings. The van der Waals surface area contributed by atoms with Crippen molar-refractivity contribution in [3.63, 3.8) is 0 Å². The van der Waals surface area contributed by atoms with Gasteiger partial charge in [0.05, 0.1) is 5.69 Å². The van der Waals surface area contributed by atoms with Crippen molar-refractivity contribution >= 4 is 5.91 Å². The maximum atomic E-state index is 12.2. The highest BCUT2D eigenvalue weighted by Gasteiger charge is 2.18. The first-order chi connectivity index (χ1) is 10.1. The standard InChI is InChI=1S/C16H28N4O/c1-4-17-10-15-12(2)19-20(13(15)3)11-16(21)18-14-8-6-5-7-9-14/h14,17H,4-11H2,1-3H3,(H,18,21). The van der Waals surface area contributed by atoms with E-state index in [1.54, 1.807) is 0 Å². The van der Waals surface area contributed by atoms with Crippen LogP contribution in [0.2, 0.25) is 0 Å². The minimum atomic E-state index is 0.0856. The fourth-order valence-electron chi connectivity index (χ4n) is 3.05. The first-order valence-electron chi connectivity index (χ1n) is 8.14. The van der Waals surface area contributed by atoms with Crippen molar-refractivity contribution in [3.8, 4) is 0 Å². The van der Waals surface area contributed by atoms with Gasteiger partial charge < -0.3 is 10.6 Å². The topological polar surface area (TPSA) is 59.0 Å². The number of aromatic nitrogens is 2. The second-order valence-electron chi connectivity index (χ2n) is 5.99. The molecular weight excluding hydrogens is 264 g/mol. The van der Waals surface area contributed by atoms with Gasteiger partial charge in [-0.15, -0.1) is 0 Å². The molecule has 0 radical (unpaired) electrons. The summed E-state index contributed by atoms with van der Waals surface area (Å²) in [4.78, 5) is 12.2. The van der Waals surface area contributed by atoms with Crippen molar-refractivity contribution in [3.05, 3.63) is 17.0 Å². The molecule has 0 aromatic carbocycles. The van der Waals surface area contributed by atoms with Gasteiger partial charge in [0.15, 0.2) is 0 Å². The largest absolute Gasteiger partial charge is 0.352 e. The first kappa shape index (κ1) is 16.0. The van der Waals surface area contributed by atoms with E-state index < -0.39 is 0 Å². The third-order valence-electron chi connectivity index (χ3n) is 4.35. The maximum Gasteiger partial charge on any atom is 0.241 e. The van der Waals surface area contributed by atoms with Crippen molar-refractivity contribution in [2.45, 2.75) is 72.0 Å². The molecule has 1 aliphatic rings. The molecule has 21 heavy (non-hydrogen) atoms. The van der Waals surface area contributed by atoms with Crippen LogP contribution >= 0.6 is 0 Å². The van der Waals surface area contributed by atoms with Crippen LogP contribution in [0.25, 0.3) is 0 Å². The van der Waals surface area contributed by atoms with Crippen LogP contribution in [0.1, 0.15) is 56.0 Å². The zero-order valence-electron chi connectivity index (χ0n) is 13.5. The molecule has 1 aromatic heterocycles. The van der Waals surface area contributed by atoms with Crippen LogP contribution in [0.4, 0.5) is 0 Å². The fourth-order valence-corrected chi connectivity index (χ4v) is 3.05. The number of carbonyl (C=O) groups is 1. The number of nitrogens with one attached hydrogen (secondary N) is 2. The second kappa shape index (κ2) is 7.59. The third-order valence-corrected chi connectivity index (χ3v) is 4.35. The summed E-state index contributed by atoms with van der Waals surface area (Å²) in [5.74, 6) is 0.0856. The maximum absolute atomic E-state index is 12.2. The van der Waals surface area contributed by atoms with Crippen molar-refractivity contribution in [2.75, 3.05) is 6.54 Å². The number of carbonyl (C=O) groups excluding carboxylic acids is 1. The van der Waals surface area contributed by atoms with Gasteiger partial charge in [-0.25, -0.2) is 0 Å². The summed E-state index contributed by atoms with van der Waals surface area (Å²) in [6.07, 6.45) is 6.01. The zero-order chi connectivity index (χ0) is 15.2. The van der Waals surface area contributed by atoms with Crippen molar-refractivity contribution in [1.82, 2.24) is 20.4 Å². The average molecular weight is 292 g/mol. The highest BCUT2D eigenvalue weighted by molar-refractivity contribution is 5.76. The molecule has 0 unspecified atom stereocenters. The van der Waals surface area contributed by atoms with Crippen LogP contribution in [0.15, 0.2) is 0 Å². The van der Waals surface area contributed by atoms with Crippen molar-refractivity contribution in [1.29, 1.82) is 0 Å². The summed E-state index contributed by atoms with van der Waals surface area (Å²) in [5, 5.41) is 11.0. The Morgan fingerprint density at radius 2 is 2.00 bits per heavy atom. The summed E-state index contributed by atoms with van der Waals surface area (Å²) in [5.41, 5.74) is 3.31. The molecule has 0 bridgehead atoms. The van der Waals surface area contributed by atoms with Gasteiger partial charge in [-0.3, -0.25) is 9.48 Å². The zero-order valence-corrected chi connectivity index (χ0v) is 13.5. The van der Waals surface area contributed by atoms with Gasteiger partial charge in [0.25, 0.3) is 0 Å². The highest BCUT2D eigenvalue weighted by atomic mass is 16.2. The minimum absolute atomic E-state index is 0.0856. The van der Waals surface area contributed by atoms with Gasteiger partial charge in [0.2, 0.25) is 5.91 Å². The van der Waals surface area contributed by atoms with Gasteiger partial charge in [0, 0.05) is 23.8 Å². The van der Waals surface area contributed by atoms with Crippen LogP contribution < -0.4 is 10.6 Å². The quantitative estimate of drug-likeness (QED) is 0.844. The van der Waals surface area contributed by atoms with Crippen LogP contribution in [0.3, 0.4) is 0 Å². The lowest BCUT2D eigenvalue weighted by Crippen LogP contribution is -2.38. The van der Waals surface area contributed by atoms with Gasteiger partial charge in [-0.05, 0) is 33.2 Å². The molecule has 2 rings (SSSR count). The molecule has 1 heterocycles. The number of hydrogen-bond donors (Lipinski definition) is 2. The predicted molar refractivity (Wildman–Crippen MR) is 84.1 cm³/mol. The van der Waals surface area contributed by atoms with Crippen molar-refractivity contribution < 1.29 is 4.79 Å². The fraction of sp³-hybridized carbons (Fsp3) is 0.750. The number of nitrogens with zero attached hydrogens (tertiary/aromatic N) is 2. The first-order valence-corrected chi connectivity index (χ1v) is 8.14. The Labute approximate surface area is 127 Å². The monoisotopic (exact) mass is 292 g/mol. The lowest BCUT2D eigenvalue weighted by Gasteiger charge is -2.22. The summed E-state index contributed by atoms with van der Waals surface area (Å²) in [7, 11) is 0. The normalized spacial score (nSPS) is 16.1. The Bertz CT molecular complexity index is 475. The molecule has 0 saturated heterocycles. The summed E-state index contributed by atoms with van der Waals surface area (Å²) < 4.78 is 1.83. The molecule has 1 saturated carbocycles. The minimum Gasteiger partial charge on any atom is -0.352 e. The molecule has 0 atom stereocenters. The number of amides is 1. The lowest BCUT2D eigenvalue weighted by molar-refractivity contribution is -0.122. The van der Waals surface area contributed by atoms with Gasteiger partial charge in [-0.2, -0.15) is 5.10 Å². The van der Waals surface area contributed by atoms with Crippen LogP contribution in [-0.4, -0.2) is 28.3 Å². The van der Waals surface area contributed by atoms with Gasteiger partial charge in [0.1, 0.15) is 6.54 Å². The van der Waals surface area contributed by atoms with E-state index in [1.807, 2.05) is 18.5 Å². The Morgan fingerprint density at radius 1 is 1.29 bits per heavy atom. The van der Waals surface area contributed by atoms with Gasteiger partial charge in [-0.1, -0.05) is 26.2 Å². The van der Waals surface area contributed by atoms with Crippen molar-refractivity contribution in [2.24, 2.45) is 0 Å². The molecule has 0 spiro atoms. The van der Waals surface area contributed by atoms with E-state index in [-0.39, 0.29) is 5.91 Å². The predicted octanol–water partition coefficient (Wildman–Crippen LogP) is 2.06. The van der Waals surface area contributed by atoms with E-state index in [9.17, 15) is 4.79 Å². The lowest BCUT2D eigenvalue weighted by atomic mass is 9.95. The van der Waals surface area contributed by atoms with E-state index in [1.165, 1.54) is 24.8 Å². The van der Waals surface area contributed by atoms with E-state index in [2.05, 4.69) is 22.7 Å². The highest BCUT2D eigenvalue weighted by Crippen LogP contribution is 2.17. The molecule has 0 aliphatic heterocycles. The molecular formula is C16H28N4O. The molecule has 1 amide bonds. The average Bonchev–Trinajstić information content (AvgIpc) is 2.72. The number of hydrogen-bond acceptors (Lipinski definition) is 3. The number of rotatable bonds is 6. The Kier molecular flexibility index (Phi) is 5.79. The van der Waals surface area contributed by atoms with Gasteiger partial charge >= 0.3 is 0 Å². The second-order valence-corrected chi connectivity index (χ2v) is 5.99. The van der Waals surface area contributed by atoms with Crippen LogP contribution in [-0.2, 0) is 17.9 Å². The Hall–Kier alpha value is -1.36. The van der Waals surface area contributed by atoms with Crippen LogP contribution in [0, 0.1) is 13.8 Å². The molecule has 118 valence electrons. The smallest absolute Gasteiger partial charge is 0.241 e. The van der Waals surface area contributed by atoms with E-state index in [0.29, 0.717) is 12.6 Å². The molecule has 5 heteroatoms. The van der Waals surface area contributed by atoms with Crippen LogP contribution in [0.5, 0.6) is 0 Å². The summed E-state index contributed by atoms with van der Waals surface area (Å²) in [6.45, 7) is 8.22. The summed E-state index contributed by atoms with van der Waals surface area (Å²) in [6, 6.07) is 0.365.